The van der Waals surface area contributed by atoms with Crippen molar-refractivity contribution >= 4 is 28.1 Å². The average Bonchev–Trinajstić information content (AvgIpc) is 2.75. The van der Waals surface area contributed by atoms with Gasteiger partial charge in [0, 0.05) is 27.1 Å². The second-order valence-electron chi connectivity index (χ2n) is 4.77. The minimum absolute atomic E-state index is 0.199. The molecule has 112 valence electrons. The maximum Gasteiger partial charge on any atom is 0.254 e. The Morgan fingerprint density at radius 2 is 2.09 bits per heavy atom. The number of nitriles is 1. The Labute approximate surface area is 137 Å². The van der Waals surface area contributed by atoms with Gasteiger partial charge in [-0.2, -0.15) is 10.4 Å². The van der Waals surface area contributed by atoms with E-state index in [0.717, 1.165) is 27.1 Å². The third-order valence-corrected chi connectivity index (χ3v) is 3.72. The standard InChI is InChI=1S/C16H15BrN4O/c1-11-9-13(10-19-20-16(22)7-8-18)12(2)21(11)15-5-3-14(17)4-6-15/h3-6,9-10H,7H2,1-2H3,(H,20,22)/b19-10-. The van der Waals surface area contributed by atoms with Gasteiger partial charge in [0.05, 0.1) is 12.3 Å². The van der Waals surface area contributed by atoms with Gasteiger partial charge in [-0.3, -0.25) is 4.79 Å². The maximum atomic E-state index is 11.2. The number of carbonyl (C=O) groups is 1. The van der Waals surface area contributed by atoms with E-state index in [9.17, 15) is 4.79 Å². The Hall–Kier alpha value is -2.39. The number of rotatable bonds is 4. The number of amides is 1. The molecule has 0 saturated carbocycles. The number of hydrazone groups is 1. The van der Waals surface area contributed by atoms with Crippen molar-refractivity contribution in [2.45, 2.75) is 20.3 Å². The van der Waals surface area contributed by atoms with Crippen LogP contribution < -0.4 is 5.43 Å². The second-order valence-corrected chi connectivity index (χ2v) is 5.68. The minimum atomic E-state index is -0.416. The molecular weight excluding hydrogens is 344 g/mol. The van der Waals surface area contributed by atoms with E-state index < -0.39 is 5.91 Å². The number of nitrogens with zero attached hydrogens (tertiary/aromatic N) is 3. The van der Waals surface area contributed by atoms with E-state index >= 15 is 0 Å². The number of aryl methyl sites for hydroxylation is 1. The Morgan fingerprint density at radius 3 is 2.73 bits per heavy atom. The molecule has 0 radical (unpaired) electrons. The number of halogens is 1. The molecule has 22 heavy (non-hydrogen) atoms. The molecule has 0 atom stereocenters. The number of hydrogen-bond donors (Lipinski definition) is 1. The zero-order valence-corrected chi connectivity index (χ0v) is 13.9. The summed E-state index contributed by atoms with van der Waals surface area (Å²) in [6, 6.07) is 11.8. The van der Waals surface area contributed by atoms with Crippen LogP contribution in [0.5, 0.6) is 0 Å². The van der Waals surface area contributed by atoms with Gasteiger partial charge in [0.15, 0.2) is 0 Å². The normalized spacial score (nSPS) is 10.6. The first-order valence-electron chi connectivity index (χ1n) is 6.66. The van der Waals surface area contributed by atoms with E-state index in [4.69, 9.17) is 5.26 Å². The van der Waals surface area contributed by atoms with Crippen LogP contribution in [0, 0.1) is 25.2 Å². The molecule has 1 N–H and O–H groups in total. The van der Waals surface area contributed by atoms with E-state index in [-0.39, 0.29) is 6.42 Å². The summed E-state index contributed by atoms with van der Waals surface area (Å²) in [6.07, 6.45) is 1.39. The highest BCUT2D eigenvalue weighted by molar-refractivity contribution is 9.10. The van der Waals surface area contributed by atoms with E-state index in [0.29, 0.717) is 0 Å². The number of benzene rings is 1. The average molecular weight is 359 g/mol. The van der Waals surface area contributed by atoms with Crippen molar-refractivity contribution in [2.24, 2.45) is 5.10 Å². The molecule has 0 aliphatic heterocycles. The number of carbonyl (C=O) groups excluding carboxylic acids is 1. The van der Waals surface area contributed by atoms with E-state index in [2.05, 4.69) is 31.0 Å². The quantitative estimate of drug-likeness (QED) is 0.673. The monoisotopic (exact) mass is 358 g/mol. The van der Waals surface area contributed by atoms with Crippen molar-refractivity contribution in [2.75, 3.05) is 0 Å². The van der Waals surface area contributed by atoms with Gasteiger partial charge < -0.3 is 4.57 Å². The van der Waals surface area contributed by atoms with Crippen molar-refractivity contribution in [3.8, 4) is 11.8 Å². The highest BCUT2D eigenvalue weighted by Gasteiger charge is 2.09. The van der Waals surface area contributed by atoms with Crippen molar-refractivity contribution in [3.05, 3.63) is 51.8 Å². The molecule has 0 aliphatic carbocycles. The molecule has 1 amide bonds. The summed E-state index contributed by atoms with van der Waals surface area (Å²) in [5.74, 6) is -0.416. The number of nitrogens with one attached hydrogen (secondary N) is 1. The van der Waals surface area contributed by atoms with Crippen molar-refractivity contribution in [3.63, 3.8) is 0 Å². The first-order chi connectivity index (χ1) is 10.5. The Morgan fingerprint density at radius 1 is 1.41 bits per heavy atom. The summed E-state index contributed by atoms with van der Waals surface area (Å²) >= 11 is 3.43. The zero-order chi connectivity index (χ0) is 16.1. The highest BCUT2D eigenvalue weighted by Crippen LogP contribution is 2.21. The van der Waals surface area contributed by atoms with Crippen molar-refractivity contribution in [1.82, 2.24) is 9.99 Å². The van der Waals surface area contributed by atoms with Crippen LogP contribution in [0.2, 0.25) is 0 Å². The lowest BCUT2D eigenvalue weighted by Gasteiger charge is -2.09. The summed E-state index contributed by atoms with van der Waals surface area (Å²) in [5.41, 5.74) is 6.40. The van der Waals surface area contributed by atoms with Gasteiger partial charge in [-0.05, 0) is 44.2 Å². The molecule has 6 heteroatoms. The van der Waals surface area contributed by atoms with Gasteiger partial charge in [0.2, 0.25) is 0 Å². The fraction of sp³-hybridized carbons (Fsp3) is 0.188. The third-order valence-electron chi connectivity index (χ3n) is 3.19. The van der Waals surface area contributed by atoms with Crippen molar-refractivity contribution < 1.29 is 4.79 Å². The first-order valence-corrected chi connectivity index (χ1v) is 7.46. The molecule has 1 aromatic heterocycles. The van der Waals surface area contributed by atoms with Crippen LogP contribution in [0.15, 0.2) is 39.9 Å². The lowest BCUT2D eigenvalue weighted by atomic mass is 10.2. The number of aromatic nitrogens is 1. The molecule has 5 nitrogen and oxygen atoms in total. The van der Waals surface area contributed by atoms with Crippen LogP contribution in [0.1, 0.15) is 23.4 Å². The second kappa shape index (κ2) is 7.05. The molecule has 0 fully saturated rings. The number of hydrogen-bond acceptors (Lipinski definition) is 3. The summed E-state index contributed by atoms with van der Waals surface area (Å²) < 4.78 is 3.14. The molecule has 2 rings (SSSR count). The van der Waals surface area contributed by atoms with Crippen LogP contribution in [0.25, 0.3) is 5.69 Å². The predicted octanol–water partition coefficient (Wildman–Crippen LogP) is 3.22. The third kappa shape index (κ3) is 3.62. The molecule has 0 bridgehead atoms. The molecule has 0 unspecified atom stereocenters. The van der Waals surface area contributed by atoms with Crippen LogP contribution in [-0.2, 0) is 4.79 Å². The summed E-state index contributed by atoms with van der Waals surface area (Å²) in [6.45, 7) is 4.01. The van der Waals surface area contributed by atoms with Gasteiger partial charge >= 0.3 is 0 Å². The molecule has 0 aliphatic rings. The molecule has 2 aromatic rings. The van der Waals surface area contributed by atoms with Gasteiger partial charge in [0.25, 0.3) is 5.91 Å². The van der Waals surface area contributed by atoms with Gasteiger partial charge in [0.1, 0.15) is 6.42 Å². The minimum Gasteiger partial charge on any atom is -0.318 e. The summed E-state index contributed by atoms with van der Waals surface area (Å²) in [7, 11) is 0. The highest BCUT2D eigenvalue weighted by atomic mass is 79.9. The molecule has 0 saturated heterocycles. The molecule has 1 aromatic carbocycles. The zero-order valence-electron chi connectivity index (χ0n) is 12.3. The molecular formula is C16H15BrN4O. The Kier molecular flexibility index (Phi) is 5.12. The summed E-state index contributed by atoms with van der Waals surface area (Å²) in [5, 5.41) is 12.3. The molecule has 0 spiro atoms. The van der Waals surface area contributed by atoms with Crippen LogP contribution in [0.4, 0.5) is 0 Å². The SMILES string of the molecule is Cc1cc(/C=N\NC(=O)CC#N)c(C)n1-c1ccc(Br)cc1. The van der Waals surface area contributed by atoms with E-state index in [1.165, 1.54) is 0 Å². The van der Waals surface area contributed by atoms with Gasteiger partial charge in [-0.1, -0.05) is 15.9 Å². The van der Waals surface area contributed by atoms with Crippen molar-refractivity contribution in [1.29, 1.82) is 5.26 Å². The van der Waals surface area contributed by atoms with Gasteiger partial charge in [-0.15, -0.1) is 0 Å². The lowest BCUT2D eigenvalue weighted by molar-refractivity contribution is -0.120. The Balaban J connectivity index is 2.24. The topological polar surface area (TPSA) is 70.2 Å². The van der Waals surface area contributed by atoms with E-state index in [1.807, 2.05) is 44.2 Å². The maximum absolute atomic E-state index is 11.2. The fourth-order valence-electron chi connectivity index (χ4n) is 2.19. The van der Waals surface area contributed by atoms with E-state index in [1.54, 1.807) is 12.3 Å². The van der Waals surface area contributed by atoms with Crippen LogP contribution in [0.3, 0.4) is 0 Å². The van der Waals surface area contributed by atoms with Gasteiger partial charge in [-0.25, -0.2) is 5.43 Å². The Bertz CT molecular complexity index is 754. The van der Waals surface area contributed by atoms with Crippen LogP contribution in [-0.4, -0.2) is 16.7 Å². The molecule has 1 heterocycles. The van der Waals surface area contributed by atoms with Crippen LogP contribution >= 0.6 is 15.9 Å². The predicted molar refractivity (Wildman–Crippen MR) is 88.9 cm³/mol. The largest absolute Gasteiger partial charge is 0.318 e. The smallest absolute Gasteiger partial charge is 0.254 e. The first kappa shape index (κ1) is 16.0. The summed E-state index contributed by atoms with van der Waals surface area (Å²) in [4.78, 5) is 11.2. The lowest BCUT2D eigenvalue weighted by Crippen LogP contribution is -2.16. The fourth-order valence-corrected chi connectivity index (χ4v) is 2.46.